The minimum absolute atomic E-state index is 0.297. The maximum Gasteiger partial charge on any atom is -0.00134 e. The monoisotopic (exact) mass is 478 g/mol. The molecule has 0 amide bonds. The summed E-state index contributed by atoms with van der Waals surface area (Å²) in [6, 6.07) is 0. The van der Waals surface area contributed by atoms with Crippen molar-refractivity contribution in [2.24, 2.45) is 50.2 Å². The zero-order valence-electron chi connectivity index (χ0n) is 25.5. The molecule has 0 heteroatoms. The average Bonchev–Trinajstić information content (AvgIpc) is 3.01. The predicted molar refractivity (Wildman–Crippen MR) is 154 cm³/mol. The van der Waals surface area contributed by atoms with E-state index in [4.69, 9.17) is 0 Å². The number of rotatable bonds is 6. The fraction of sp³-hybridized carbons (Fsp3) is 0.829. The molecule has 35 heavy (non-hydrogen) atoms. The van der Waals surface area contributed by atoms with Crippen LogP contribution in [0.4, 0.5) is 0 Å². The van der Waals surface area contributed by atoms with E-state index in [1.54, 1.807) is 11.1 Å². The lowest BCUT2D eigenvalue weighted by molar-refractivity contribution is -0.110. The molecule has 0 aromatic carbocycles. The summed E-state index contributed by atoms with van der Waals surface area (Å²) in [5.41, 5.74) is 6.98. The van der Waals surface area contributed by atoms with Crippen molar-refractivity contribution >= 4 is 0 Å². The molecule has 4 rings (SSSR count). The summed E-state index contributed by atoms with van der Waals surface area (Å²) in [4.78, 5) is 0. The highest BCUT2D eigenvalue weighted by Crippen LogP contribution is 2.77. The molecule has 7 atom stereocenters. The number of fused-ring (bicyclic) bond motifs is 5. The van der Waals surface area contributed by atoms with E-state index in [9.17, 15) is 0 Å². The van der Waals surface area contributed by atoms with Gasteiger partial charge in [-0.05, 0) is 113 Å². The molecule has 0 nitrogen and oxygen atoms in total. The molecule has 0 aromatic rings. The largest absolute Gasteiger partial charge is 0.0996 e. The van der Waals surface area contributed by atoms with E-state index in [-0.39, 0.29) is 0 Å². The van der Waals surface area contributed by atoms with Crippen LogP contribution in [0.1, 0.15) is 134 Å². The van der Waals surface area contributed by atoms with Gasteiger partial charge in [0, 0.05) is 0 Å². The first-order valence-electron chi connectivity index (χ1n) is 15.1. The third kappa shape index (κ3) is 3.29. The summed E-state index contributed by atoms with van der Waals surface area (Å²) in [5, 5.41) is 0. The number of allylic oxidation sites excluding steroid dienone is 5. The number of hydrogen-bond acceptors (Lipinski definition) is 0. The molecule has 0 saturated heterocycles. The van der Waals surface area contributed by atoms with Crippen molar-refractivity contribution in [2.45, 2.75) is 134 Å². The summed E-state index contributed by atoms with van der Waals surface area (Å²) in [6.07, 6.45) is 17.3. The van der Waals surface area contributed by atoms with Gasteiger partial charge in [-0.1, -0.05) is 107 Å². The molecule has 2 saturated carbocycles. The van der Waals surface area contributed by atoms with Crippen LogP contribution in [-0.2, 0) is 0 Å². The third-order valence-electron chi connectivity index (χ3n) is 14.5. The average molecular weight is 479 g/mol. The second kappa shape index (κ2) is 8.36. The Bertz CT molecular complexity index is 928. The molecule has 0 aromatic heterocycles. The van der Waals surface area contributed by atoms with E-state index >= 15 is 0 Å². The first kappa shape index (κ1) is 27.3. The molecule has 0 spiro atoms. The van der Waals surface area contributed by atoms with Crippen LogP contribution in [0.2, 0.25) is 0 Å². The van der Waals surface area contributed by atoms with E-state index in [0.717, 1.165) is 11.8 Å². The van der Waals surface area contributed by atoms with E-state index in [2.05, 4.69) is 94.9 Å². The van der Waals surface area contributed by atoms with Crippen molar-refractivity contribution in [3.8, 4) is 0 Å². The molecule has 4 aliphatic rings. The van der Waals surface area contributed by atoms with Gasteiger partial charge in [0.15, 0.2) is 0 Å². The van der Waals surface area contributed by atoms with Crippen molar-refractivity contribution in [3.63, 3.8) is 0 Å². The van der Waals surface area contributed by atoms with E-state index in [1.807, 2.05) is 0 Å². The van der Waals surface area contributed by atoms with Gasteiger partial charge < -0.3 is 0 Å². The fourth-order valence-electron chi connectivity index (χ4n) is 10.1. The first-order chi connectivity index (χ1) is 16.1. The van der Waals surface area contributed by atoms with Gasteiger partial charge in [0.25, 0.3) is 0 Å². The Morgan fingerprint density at radius 3 is 1.97 bits per heavy atom. The second-order valence-electron chi connectivity index (χ2n) is 15.5. The number of hydrogen-bond donors (Lipinski definition) is 0. The molecular formula is C35H58. The fourth-order valence-corrected chi connectivity index (χ4v) is 10.1. The van der Waals surface area contributed by atoms with Gasteiger partial charge in [-0.25, -0.2) is 0 Å². The highest BCUT2D eigenvalue weighted by Gasteiger charge is 2.68. The Hall–Kier alpha value is -0.780. The van der Waals surface area contributed by atoms with E-state index in [1.165, 1.54) is 63.4 Å². The topological polar surface area (TPSA) is 0 Å². The van der Waals surface area contributed by atoms with Crippen LogP contribution < -0.4 is 0 Å². The van der Waals surface area contributed by atoms with Crippen LogP contribution in [0.15, 0.2) is 35.5 Å². The van der Waals surface area contributed by atoms with Gasteiger partial charge in [-0.3, -0.25) is 0 Å². The molecule has 0 aliphatic heterocycles. The maximum absolute atomic E-state index is 4.43. The molecule has 4 aliphatic carbocycles. The van der Waals surface area contributed by atoms with Crippen molar-refractivity contribution in [1.29, 1.82) is 0 Å². The van der Waals surface area contributed by atoms with Crippen LogP contribution in [0.25, 0.3) is 0 Å². The van der Waals surface area contributed by atoms with Crippen molar-refractivity contribution in [3.05, 3.63) is 35.5 Å². The van der Waals surface area contributed by atoms with E-state index < -0.39 is 0 Å². The quantitative estimate of drug-likeness (QED) is 0.333. The van der Waals surface area contributed by atoms with Crippen LogP contribution in [0.3, 0.4) is 0 Å². The van der Waals surface area contributed by atoms with E-state index in [0.29, 0.717) is 38.4 Å². The van der Waals surface area contributed by atoms with Crippen LogP contribution in [0.5, 0.6) is 0 Å². The van der Waals surface area contributed by atoms with Gasteiger partial charge in [0.2, 0.25) is 0 Å². The lowest BCUT2D eigenvalue weighted by atomic mass is 9.37. The van der Waals surface area contributed by atoms with Crippen molar-refractivity contribution in [2.75, 3.05) is 0 Å². The SMILES string of the molecule is C=C(CCC(CC)[C@@]1(C)CC[C@@]2(C)C3=CC[C@@]4(C)C(C)(C)[C@@H](C)CC[C@]4(C)C3=CC[C@@]21C)C(C)C. The van der Waals surface area contributed by atoms with Gasteiger partial charge in [-0.2, -0.15) is 0 Å². The summed E-state index contributed by atoms with van der Waals surface area (Å²) >= 11 is 0. The molecule has 1 unspecified atom stereocenters. The summed E-state index contributed by atoms with van der Waals surface area (Å²) < 4.78 is 0. The Balaban J connectivity index is 1.74. The molecule has 0 heterocycles. The van der Waals surface area contributed by atoms with Crippen molar-refractivity contribution in [1.82, 2.24) is 0 Å². The minimum atomic E-state index is 0.297. The molecule has 198 valence electrons. The highest BCUT2D eigenvalue weighted by molar-refractivity contribution is 5.51. The normalized spacial score (nSPS) is 45.2. The standard InChI is InChI=1S/C35H58/c1-13-27(15-14-25(4)24(2)3)31(8)22-23-33(10)29-17-20-34(11)30(6,7)26(5)16-19-32(34,9)28(29)18-21-35(31,33)12/h17-18,24,26-27H,4,13-16,19-23H2,1-3,5-12H3/t26-,27?,31+,32+,33-,34-,35+/m0/s1. The lowest BCUT2D eigenvalue weighted by Crippen LogP contribution is -2.59. The van der Waals surface area contributed by atoms with Gasteiger partial charge in [-0.15, -0.1) is 0 Å². The first-order valence-corrected chi connectivity index (χ1v) is 15.1. The molecule has 0 radical (unpaired) electrons. The summed E-state index contributed by atoms with van der Waals surface area (Å²) in [6.45, 7) is 32.5. The minimum Gasteiger partial charge on any atom is -0.0996 e. The second-order valence-corrected chi connectivity index (χ2v) is 15.5. The Morgan fingerprint density at radius 2 is 1.43 bits per heavy atom. The van der Waals surface area contributed by atoms with Crippen LogP contribution >= 0.6 is 0 Å². The van der Waals surface area contributed by atoms with Crippen molar-refractivity contribution < 1.29 is 0 Å². The Morgan fingerprint density at radius 1 is 0.886 bits per heavy atom. The van der Waals surface area contributed by atoms with Gasteiger partial charge in [0.1, 0.15) is 0 Å². The molecular weight excluding hydrogens is 420 g/mol. The third-order valence-corrected chi connectivity index (χ3v) is 14.5. The molecule has 0 bridgehead atoms. The highest BCUT2D eigenvalue weighted by atomic mass is 14.7. The lowest BCUT2D eigenvalue weighted by Gasteiger charge is -2.67. The zero-order valence-corrected chi connectivity index (χ0v) is 25.5. The van der Waals surface area contributed by atoms with Crippen LogP contribution in [-0.4, -0.2) is 0 Å². The summed E-state index contributed by atoms with van der Waals surface area (Å²) in [7, 11) is 0. The predicted octanol–water partition coefficient (Wildman–Crippen LogP) is 10.9. The zero-order chi connectivity index (χ0) is 26.2. The molecule has 0 N–H and O–H groups in total. The molecule has 2 fully saturated rings. The van der Waals surface area contributed by atoms with Crippen LogP contribution in [0, 0.1) is 50.2 Å². The smallest absolute Gasteiger partial charge is 0.00134 e. The maximum atomic E-state index is 4.43. The van der Waals surface area contributed by atoms with Gasteiger partial charge >= 0.3 is 0 Å². The van der Waals surface area contributed by atoms with Gasteiger partial charge in [0.05, 0.1) is 0 Å². The Labute approximate surface area is 219 Å². The summed E-state index contributed by atoms with van der Waals surface area (Å²) in [5.74, 6) is 2.18. The Kier molecular flexibility index (Phi) is 6.51.